The summed E-state index contributed by atoms with van der Waals surface area (Å²) in [6.45, 7) is 9.49. The van der Waals surface area contributed by atoms with Gasteiger partial charge in [0, 0.05) is 0 Å². The number of rotatable bonds is 2. The van der Waals surface area contributed by atoms with Gasteiger partial charge in [0.25, 0.3) is 0 Å². The SMILES string of the molecule is CC(=N[S+]([O-])C(C)(C)C)c1[nH]ncc1C. The van der Waals surface area contributed by atoms with Gasteiger partial charge in [0.2, 0.25) is 0 Å². The Balaban J connectivity index is 2.90. The Kier molecular flexibility index (Phi) is 3.57. The number of H-pyrrole nitrogens is 1. The molecule has 5 heteroatoms. The number of hydrogen-bond donors (Lipinski definition) is 1. The molecular formula is C10H17N3OS. The molecule has 0 amide bonds. The zero-order valence-corrected chi connectivity index (χ0v) is 10.6. The quantitative estimate of drug-likeness (QED) is 0.620. The zero-order valence-electron chi connectivity index (χ0n) is 9.79. The Bertz CT molecular complexity index is 365. The van der Waals surface area contributed by atoms with E-state index in [1.165, 1.54) is 0 Å². The molecule has 0 bridgehead atoms. The van der Waals surface area contributed by atoms with E-state index >= 15 is 0 Å². The standard InChI is InChI=1S/C10H17N3OS/c1-7-6-11-12-9(7)8(2)13-15(14)10(3,4)5/h6H,1-5H3,(H,11,12). The fourth-order valence-corrected chi connectivity index (χ4v) is 1.63. The van der Waals surface area contributed by atoms with Crippen molar-refractivity contribution >= 4 is 17.1 Å². The van der Waals surface area contributed by atoms with Gasteiger partial charge in [-0.2, -0.15) is 5.10 Å². The van der Waals surface area contributed by atoms with E-state index in [4.69, 9.17) is 0 Å². The van der Waals surface area contributed by atoms with Crippen LogP contribution in [0.4, 0.5) is 0 Å². The van der Waals surface area contributed by atoms with Crippen LogP contribution in [0.25, 0.3) is 0 Å². The Labute approximate surface area is 93.5 Å². The van der Waals surface area contributed by atoms with Gasteiger partial charge in [-0.25, -0.2) is 0 Å². The normalized spacial score (nSPS) is 15.5. The smallest absolute Gasteiger partial charge is 0.144 e. The van der Waals surface area contributed by atoms with Gasteiger partial charge in [-0.05, 0) is 40.2 Å². The highest BCUT2D eigenvalue weighted by Gasteiger charge is 2.27. The molecule has 1 aromatic rings. The van der Waals surface area contributed by atoms with E-state index in [2.05, 4.69) is 14.6 Å². The molecule has 84 valence electrons. The fraction of sp³-hybridized carbons (Fsp3) is 0.600. The third-order valence-corrected chi connectivity index (χ3v) is 3.42. The lowest BCUT2D eigenvalue weighted by atomic mass is 10.2. The molecule has 0 spiro atoms. The number of hydrogen-bond acceptors (Lipinski definition) is 3. The highest BCUT2D eigenvalue weighted by atomic mass is 32.2. The Morgan fingerprint density at radius 3 is 2.53 bits per heavy atom. The third kappa shape index (κ3) is 3.07. The van der Waals surface area contributed by atoms with Crippen LogP contribution in [0.2, 0.25) is 0 Å². The number of nitrogens with one attached hydrogen (secondary N) is 1. The van der Waals surface area contributed by atoms with E-state index in [0.717, 1.165) is 17.0 Å². The van der Waals surface area contributed by atoms with Gasteiger partial charge in [-0.1, -0.05) is 4.40 Å². The van der Waals surface area contributed by atoms with Crippen LogP contribution in [0, 0.1) is 6.92 Å². The summed E-state index contributed by atoms with van der Waals surface area (Å²) < 4.78 is 15.6. The first-order valence-electron chi connectivity index (χ1n) is 4.80. The minimum Gasteiger partial charge on any atom is -0.591 e. The Hall–Kier alpha value is -0.810. The average Bonchev–Trinajstić information content (AvgIpc) is 2.49. The summed E-state index contributed by atoms with van der Waals surface area (Å²) in [4.78, 5) is 0. The molecule has 0 aromatic carbocycles. The maximum absolute atomic E-state index is 11.8. The summed E-state index contributed by atoms with van der Waals surface area (Å²) in [7, 11) is 0. The van der Waals surface area contributed by atoms with Crippen molar-refractivity contribution in [1.29, 1.82) is 0 Å². The summed E-state index contributed by atoms with van der Waals surface area (Å²) in [5, 5.41) is 6.75. The molecule has 4 nitrogen and oxygen atoms in total. The van der Waals surface area contributed by atoms with Crippen LogP contribution in [-0.2, 0) is 11.4 Å². The minimum absolute atomic E-state index is 0.324. The number of aromatic nitrogens is 2. The first-order valence-corrected chi connectivity index (χ1v) is 5.90. The van der Waals surface area contributed by atoms with E-state index in [-0.39, 0.29) is 4.75 Å². The minimum atomic E-state index is -1.22. The molecule has 0 aliphatic heterocycles. The molecule has 1 unspecified atom stereocenters. The van der Waals surface area contributed by atoms with Crippen LogP contribution in [0.3, 0.4) is 0 Å². The summed E-state index contributed by atoms with van der Waals surface area (Å²) in [6.07, 6.45) is 1.73. The maximum atomic E-state index is 11.8. The average molecular weight is 227 g/mol. The topological polar surface area (TPSA) is 64.1 Å². The first kappa shape index (κ1) is 12.3. The predicted molar refractivity (Wildman–Crippen MR) is 63.4 cm³/mol. The van der Waals surface area contributed by atoms with Crippen molar-refractivity contribution in [2.24, 2.45) is 4.40 Å². The van der Waals surface area contributed by atoms with Crippen molar-refractivity contribution in [2.45, 2.75) is 39.4 Å². The molecule has 0 aliphatic rings. The molecule has 0 fully saturated rings. The van der Waals surface area contributed by atoms with Crippen molar-refractivity contribution in [1.82, 2.24) is 10.2 Å². The van der Waals surface area contributed by atoms with Gasteiger partial charge in [-0.3, -0.25) is 5.10 Å². The molecule has 0 saturated carbocycles. The molecule has 1 rings (SSSR count). The van der Waals surface area contributed by atoms with Crippen LogP contribution in [0.1, 0.15) is 39.0 Å². The number of aryl methyl sites for hydroxylation is 1. The molecule has 15 heavy (non-hydrogen) atoms. The van der Waals surface area contributed by atoms with Crippen molar-refractivity contribution < 1.29 is 4.55 Å². The Morgan fingerprint density at radius 2 is 2.13 bits per heavy atom. The van der Waals surface area contributed by atoms with Crippen LogP contribution in [-0.4, -0.2) is 25.2 Å². The molecule has 1 N–H and O–H groups in total. The first-order chi connectivity index (χ1) is 6.82. The fourth-order valence-electron chi connectivity index (χ4n) is 1.02. The molecular weight excluding hydrogens is 210 g/mol. The molecule has 0 aliphatic carbocycles. The van der Waals surface area contributed by atoms with E-state index in [0.29, 0.717) is 0 Å². The van der Waals surface area contributed by atoms with Crippen LogP contribution in [0.5, 0.6) is 0 Å². The molecule has 1 aromatic heterocycles. The summed E-state index contributed by atoms with van der Waals surface area (Å²) in [5.41, 5.74) is 2.60. The summed E-state index contributed by atoms with van der Waals surface area (Å²) >= 11 is -1.22. The van der Waals surface area contributed by atoms with Gasteiger partial charge in [-0.15, -0.1) is 0 Å². The third-order valence-electron chi connectivity index (χ3n) is 1.93. The lowest BCUT2D eigenvalue weighted by Crippen LogP contribution is -2.26. The highest BCUT2D eigenvalue weighted by molar-refractivity contribution is 7.91. The second-order valence-corrected chi connectivity index (χ2v) is 6.37. The molecule has 0 radical (unpaired) electrons. The lowest BCUT2D eigenvalue weighted by molar-refractivity contribution is 0.561. The summed E-state index contributed by atoms with van der Waals surface area (Å²) in [6, 6.07) is 0. The van der Waals surface area contributed by atoms with E-state index in [1.54, 1.807) is 6.20 Å². The van der Waals surface area contributed by atoms with Crippen LogP contribution in [0.15, 0.2) is 10.6 Å². The van der Waals surface area contributed by atoms with Crippen molar-refractivity contribution in [2.75, 3.05) is 0 Å². The van der Waals surface area contributed by atoms with Gasteiger partial charge >= 0.3 is 0 Å². The van der Waals surface area contributed by atoms with Crippen molar-refractivity contribution in [3.8, 4) is 0 Å². The van der Waals surface area contributed by atoms with E-state index < -0.39 is 11.4 Å². The van der Waals surface area contributed by atoms with Gasteiger partial charge in [0.15, 0.2) is 0 Å². The lowest BCUT2D eigenvalue weighted by Gasteiger charge is -2.18. The van der Waals surface area contributed by atoms with Gasteiger partial charge < -0.3 is 4.55 Å². The number of aromatic amines is 1. The maximum Gasteiger partial charge on any atom is 0.144 e. The second-order valence-electron chi connectivity index (χ2n) is 4.47. The van der Waals surface area contributed by atoms with Crippen molar-refractivity contribution in [3.05, 3.63) is 17.5 Å². The molecule has 1 atom stereocenters. The predicted octanol–water partition coefficient (Wildman–Crippen LogP) is 1.99. The molecule has 1 heterocycles. The van der Waals surface area contributed by atoms with Crippen molar-refractivity contribution in [3.63, 3.8) is 0 Å². The monoisotopic (exact) mass is 227 g/mol. The number of nitrogens with zero attached hydrogens (tertiary/aromatic N) is 2. The van der Waals surface area contributed by atoms with Crippen LogP contribution >= 0.6 is 0 Å². The van der Waals surface area contributed by atoms with E-state index in [9.17, 15) is 4.55 Å². The van der Waals surface area contributed by atoms with E-state index in [1.807, 2.05) is 34.6 Å². The second kappa shape index (κ2) is 4.37. The zero-order chi connectivity index (χ0) is 11.6. The largest absolute Gasteiger partial charge is 0.591 e. The van der Waals surface area contributed by atoms with Crippen LogP contribution < -0.4 is 0 Å². The Morgan fingerprint density at radius 1 is 1.53 bits per heavy atom. The van der Waals surface area contributed by atoms with Gasteiger partial charge in [0.1, 0.15) is 21.8 Å². The van der Waals surface area contributed by atoms with Gasteiger partial charge in [0.05, 0.1) is 11.9 Å². The summed E-state index contributed by atoms with van der Waals surface area (Å²) in [5.74, 6) is 0. The molecule has 0 saturated heterocycles. The highest BCUT2D eigenvalue weighted by Crippen LogP contribution is 2.18.